The van der Waals surface area contributed by atoms with Crippen LogP contribution in [-0.2, 0) is 11.3 Å². The summed E-state index contributed by atoms with van der Waals surface area (Å²) in [6.45, 7) is -0.101. The van der Waals surface area contributed by atoms with E-state index in [2.05, 4.69) is 4.74 Å². The summed E-state index contributed by atoms with van der Waals surface area (Å²) in [4.78, 5) is 12.1. The predicted octanol–water partition coefficient (Wildman–Crippen LogP) is 3.97. The molecule has 0 saturated carbocycles. The van der Waals surface area contributed by atoms with E-state index in [1.807, 2.05) is 0 Å². The summed E-state index contributed by atoms with van der Waals surface area (Å²) in [5.41, 5.74) is 0.659. The summed E-state index contributed by atoms with van der Waals surface area (Å²) in [5.74, 6) is 0.0643. The van der Waals surface area contributed by atoms with Crippen molar-refractivity contribution in [3.8, 4) is 23.0 Å². The van der Waals surface area contributed by atoms with Crippen LogP contribution in [0.25, 0.3) is 0 Å². The lowest BCUT2D eigenvalue weighted by Crippen LogP contribution is -2.17. The maximum absolute atomic E-state index is 12.1. The smallest absolute Gasteiger partial charge is 0.493 e. The third kappa shape index (κ3) is 5.44. The van der Waals surface area contributed by atoms with Crippen LogP contribution in [0, 0.1) is 0 Å². The van der Waals surface area contributed by atoms with Gasteiger partial charge in [-0.25, -0.2) is 4.79 Å². The minimum atomic E-state index is -4.80. The van der Waals surface area contributed by atoms with Crippen molar-refractivity contribution in [2.24, 2.45) is 0 Å². The van der Waals surface area contributed by atoms with E-state index >= 15 is 0 Å². The van der Waals surface area contributed by atoms with Gasteiger partial charge in [-0.2, -0.15) is 0 Å². The van der Waals surface area contributed by atoms with Crippen LogP contribution in [0.1, 0.15) is 15.9 Å². The van der Waals surface area contributed by atoms with Crippen LogP contribution >= 0.6 is 0 Å². The Kier molecular flexibility index (Phi) is 6.38. The average molecular weight is 386 g/mol. The van der Waals surface area contributed by atoms with Crippen molar-refractivity contribution in [3.05, 3.63) is 47.5 Å². The highest BCUT2D eigenvalue weighted by molar-refractivity contribution is 5.89. The summed E-state index contributed by atoms with van der Waals surface area (Å²) < 4.78 is 61.0. The summed E-state index contributed by atoms with van der Waals surface area (Å²) in [7, 11) is 4.38. The van der Waals surface area contributed by atoms with Gasteiger partial charge in [-0.3, -0.25) is 0 Å². The maximum Gasteiger partial charge on any atom is 0.573 e. The van der Waals surface area contributed by atoms with Gasteiger partial charge in [0, 0.05) is 0 Å². The first-order chi connectivity index (χ1) is 12.8. The second-order valence-corrected chi connectivity index (χ2v) is 5.18. The van der Waals surface area contributed by atoms with Gasteiger partial charge in [0.15, 0.2) is 11.5 Å². The molecule has 6 nitrogen and oxygen atoms in total. The van der Waals surface area contributed by atoms with Crippen molar-refractivity contribution in [3.63, 3.8) is 0 Å². The third-order valence-electron chi connectivity index (χ3n) is 3.42. The fourth-order valence-corrected chi connectivity index (χ4v) is 2.24. The molecule has 0 aromatic heterocycles. The van der Waals surface area contributed by atoms with Crippen LogP contribution in [0.4, 0.5) is 13.2 Å². The zero-order valence-electron chi connectivity index (χ0n) is 14.8. The molecule has 0 atom stereocenters. The molecule has 27 heavy (non-hydrogen) atoms. The summed E-state index contributed by atoms with van der Waals surface area (Å²) in [6.07, 6.45) is -4.80. The Hall–Kier alpha value is -3.10. The van der Waals surface area contributed by atoms with E-state index in [-0.39, 0.29) is 12.2 Å². The number of methoxy groups -OCH3 is 3. The van der Waals surface area contributed by atoms with Gasteiger partial charge in [0.1, 0.15) is 12.4 Å². The number of halogens is 3. The molecule has 146 valence electrons. The molecule has 0 amide bonds. The van der Waals surface area contributed by atoms with Crippen molar-refractivity contribution >= 4 is 5.97 Å². The number of carbonyl (C=O) groups excluding carboxylic acids is 1. The Morgan fingerprint density at radius 3 is 1.93 bits per heavy atom. The quantitative estimate of drug-likeness (QED) is 0.671. The molecule has 0 N–H and O–H groups in total. The molecule has 0 fully saturated rings. The number of benzene rings is 2. The molecule has 0 heterocycles. The number of ether oxygens (including phenoxy) is 5. The van der Waals surface area contributed by atoms with Crippen molar-refractivity contribution in [2.45, 2.75) is 13.0 Å². The Bertz CT molecular complexity index is 762. The van der Waals surface area contributed by atoms with E-state index in [0.29, 0.717) is 22.8 Å². The Morgan fingerprint density at radius 1 is 0.926 bits per heavy atom. The van der Waals surface area contributed by atoms with E-state index in [1.165, 1.54) is 33.5 Å². The first-order valence-electron chi connectivity index (χ1n) is 7.59. The number of alkyl halides is 3. The Labute approximate surface area is 153 Å². The van der Waals surface area contributed by atoms with Crippen LogP contribution in [0.2, 0.25) is 0 Å². The molecule has 0 saturated heterocycles. The first-order valence-corrected chi connectivity index (χ1v) is 7.59. The fraction of sp³-hybridized carbons (Fsp3) is 0.278. The minimum Gasteiger partial charge on any atom is -0.493 e. The van der Waals surface area contributed by atoms with Crippen molar-refractivity contribution < 1.29 is 41.7 Å². The van der Waals surface area contributed by atoms with Gasteiger partial charge < -0.3 is 23.7 Å². The monoisotopic (exact) mass is 386 g/mol. The molecule has 2 aromatic carbocycles. The number of esters is 1. The number of hydrogen-bond acceptors (Lipinski definition) is 6. The lowest BCUT2D eigenvalue weighted by Gasteiger charge is -2.14. The Balaban J connectivity index is 2.07. The Morgan fingerprint density at radius 2 is 1.48 bits per heavy atom. The van der Waals surface area contributed by atoms with E-state index in [1.54, 1.807) is 12.1 Å². The number of rotatable bonds is 7. The number of carbonyl (C=O) groups is 1. The van der Waals surface area contributed by atoms with E-state index < -0.39 is 18.1 Å². The van der Waals surface area contributed by atoms with Crippen LogP contribution in [0.15, 0.2) is 36.4 Å². The molecule has 0 aliphatic rings. The number of hydrogen-bond donors (Lipinski definition) is 0. The van der Waals surface area contributed by atoms with Crippen molar-refractivity contribution in [1.82, 2.24) is 0 Å². The van der Waals surface area contributed by atoms with Gasteiger partial charge in [-0.15, -0.1) is 13.2 Å². The first kappa shape index (κ1) is 20.2. The maximum atomic E-state index is 12.1. The summed E-state index contributed by atoms with van der Waals surface area (Å²) in [5, 5.41) is 0. The van der Waals surface area contributed by atoms with Crippen LogP contribution < -0.4 is 18.9 Å². The third-order valence-corrected chi connectivity index (χ3v) is 3.42. The lowest BCUT2D eigenvalue weighted by molar-refractivity contribution is -0.274. The fourth-order valence-electron chi connectivity index (χ4n) is 2.24. The van der Waals surface area contributed by atoms with Gasteiger partial charge in [-0.1, -0.05) is 0 Å². The van der Waals surface area contributed by atoms with Gasteiger partial charge in [-0.05, 0) is 42.0 Å². The molecule has 0 unspecified atom stereocenters. The standard InChI is InChI=1S/C18H17F3O6/c1-23-14-8-11(9-15(24-2)16(14)25-3)10-26-17(22)12-4-6-13(7-5-12)27-18(19,20)21/h4-9H,10H2,1-3H3. The highest BCUT2D eigenvalue weighted by Gasteiger charge is 2.31. The largest absolute Gasteiger partial charge is 0.573 e. The SMILES string of the molecule is COc1cc(COC(=O)c2ccc(OC(F)(F)F)cc2)cc(OC)c1OC. The second kappa shape index (κ2) is 8.52. The molecule has 0 aliphatic carbocycles. The van der Waals surface area contributed by atoms with Gasteiger partial charge in [0.2, 0.25) is 5.75 Å². The van der Waals surface area contributed by atoms with Crippen LogP contribution in [0.5, 0.6) is 23.0 Å². The van der Waals surface area contributed by atoms with Gasteiger partial charge in [0.25, 0.3) is 0 Å². The highest BCUT2D eigenvalue weighted by Crippen LogP contribution is 2.38. The molecule has 9 heteroatoms. The zero-order valence-corrected chi connectivity index (χ0v) is 14.8. The zero-order chi connectivity index (χ0) is 20.0. The topological polar surface area (TPSA) is 63.2 Å². The highest BCUT2D eigenvalue weighted by atomic mass is 19.4. The van der Waals surface area contributed by atoms with Gasteiger partial charge in [0.05, 0.1) is 26.9 Å². The van der Waals surface area contributed by atoms with E-state index in [4.69, 9.17) is 18.9 Å². The van der Waals surface area contributed by atoms with Crippen molar-refractivity contribution in [2.75, 3.05) is 21.3 Å². The molecule has 0 spiro atoms. The predicted molar refractivity (Wildman–Crippen MR) is 88.3 cm³/mol. The lowest BCUT2D eigenvalue weighted by atomic mass is 10.2. The molecular formula is C18H17F3O6. The van der Waals surface area contributed by atoms with Crippen molar-refractivity contribution in [1.29, 1.82) is 0 Å². The molecule has 2 rings (SSSR count). The summed E-state index contributed by atoms with van der Waals surface area (Å²) >= 11 is 0. The molecular weight excluding hydrogens is 369 g/mol. The molecule has 0 radical (unpaired) electrons. The molecule has 0 bridgehead atoms. The molecule has 2 aromatic rings. The minimum absolute atomic E-state index is 0.0805. The summed E-state index contributed by atoms with van der Waals surface area (Å²) in [6, 6.07) is 7.66. The van der Waals surface area contributed by atoms with Crippen LogP contribution in [0.3, 0.4) is 0 Å². The van der Waals surface area contributed by atoms with E-state index in [0.717, 1.165) is 12.1 Å². The van der Waals surface area contributed by atoms with E-state index in [9.17, 15) is 18.0 Å². The molecule has 0 aliphatic heterocycles. The average Bonchev–Trinajstić information content (AvgIpc) is 2.64. The second-order valence-electron chi connectivity index (χ2n) is 5.18. The van der Waals surface area contributed by atoms with Gasteiger partial charge >= 0.3 is 12.3 Å². The normalized spacial score (nSPS) is 10.9. The van der Waals surface area contributed by atoms with Crippen LogP contribution in [-0.4, -0.2) is 33.7 Å².